The normalized spacial score (nSPS) is 12.8. The molecule has 0 amide bonds. The van der Waals surface area contributed by atoms with Gasteiger partial charge in [-0.25, -0.2) is 0 Å². The summed E-state index contributed by atoms with van der Waals surface area (Å²) in [6, 6.07) is 10.6. The molecule has 2 heteroatoms. The number of benzene rings is 1. The van der Waals surface area contributed by atoms with Crippen molar-refractivity contribution in [1.82, 2.24) is 0 Å². The lowest BCUT2D eigenvalue weighted by Gasteiger charge is -2.12. The third-order valence-corrected chi connectivity index (χ3v) is 3.49. The van der Waals surface area contributed by atoms with Gasteiger partial charge in [0.05, 0.1) is 0 Å². The molecule has 0 aliphatic rings. The highest BCUT2D eigenvalue weighted by atomic mass is 32.2. The van der Waals surface area contributed by atoms with Crippen LogP contribution in [0.15, 0.2) is 30.3 Å². The van der Waals surface area contributed by atoms with Gasteiger partial charge in [-0.1, -0.05) is 37.3 Å². The van der Waals surface area contributed by atoms with Crippen molar-refractivity contribution in [3.05, 3.63) is 35.9 Å². The molecule has 0 radical (unpaired) electrons. The molecule has 12 heavy (non-hydrogen) atoms. The zero-order chi connectivity index (χ0) is 8.81. The second-order valence-electron chi connectivity index (χ2n) is 2.54. The van der Waals surface area contributed by atoms with Gasteiger partial charge in [-0.15, -0.1) is 0 Å². The van der Waals surface area contributed by atoms with E-state index < -0.39 is 0 Å². The molecule has 0 saturated carbocycles. The molecular formula is C10H14S2. The minimum atomic E-state index is 0.555. The fourth-order valence-electron chi connectivity index (χ4n) is 1.12. The first-order valence-electron chi connectivity index (χ1n) is 4.16. The van der Waals surface area contributed by atoms with E-state index in [-0.39, 0.29) is 0 Å². The molecule has 0 nitrogen and oxygen atoms in total. The molecule has 66 valence electrons. The molecule has 0 aromatic heterocycles. The Bertz CT molecular complexity index is 208. The zero-order valence-electron chi connectivity index (χ0n) is 7.23. The Labute approximate surface area is 84.2 Å². The molecule has 1 atom stereocenters. The van der Waals surface area contributed by atoms with Crippen molar-refractivity contribution in [2.24, 2.45) is 0 Å². The van der Waals surface area contributed by atoms with E-state index in [1.165, 1.54) is 5.56 Å². The molecule has 1 rings (SSSR count). The van der Waals surface area contributed by atoms with Gasteiger partial charge in [0.2, 0.25) is 0 Å². The first-order chi connectivity index (χ1) is 5.88. The number of thiol groups is 1. The minimum absolute atomic E-state index is 0.555. The molecule has 1 unspecified atom stereocenters. The van der Waals surface area contributed by atoms with Crippen LogP contribution in [0.25, 0.3) is 0 Å². The monoisotopic (exact) mass is 198 g/mol. The Hall–Kier alpha value is -0.0800. The Kier molecular flexibility index (Phi) is 4.62. The average Bonchev–Trinajstić information content (AvgIpc) is 2.15. The second kappa shape index (κ2) is 5.55. The van der Waals surface area contributed by atoms with Crippen LogP contribution in [0.5, 0.6) is 0 Å². The van der Waals surface area contributed by atoms with Crippen LogP contribution >= 0.6 is 24.4 Å². The van der Waals surface area contributed by atoms with E-state index in [0.29, 0.717) is 5.25 Å². The summed E-state index contributed by atoms with van der Waals surface area (Å²) in [4.78, 5) is 0. The summed E-state index contributed by atoms with van der Waals surface area (Å²) in [6.07, 6.45) is 0. The molecule has 0 aliphatic heterocycles. The topological polar surface area (TPSA) is 0 Å². The molecule has 0 N–H and O–H groups in total. The Morgan fingerprint density at radius 2 is 2.00 bits per heavy atom. The number of hydrogen-bond donors (Lipinski definition) is 1. The van der Waals surface area contributed by atoms with E-state index in [1.807, 2.05) is 11.8 Å². The SMILES string of the molecule is CCSC(CS)c1ccccc1. The predicted molar refractivity (Wildman–Crippen MR) is 61.2 cm³/mol. The van der Waals surface area contributed by atoms with E-state index in [0.717, 1.165) is 11.5 Å². The molecule has 1 aromatic carbocycles. The van der Waals surface area contributed by atoms with Crippen LogP contribution in [0, 0.1) is 0 Å². The average molecular weight is 198 g/mol. The Balaban J connectivity index is 2.66. The summed E-state index contributed by atoms with van der Waals surface area (Å²) in [5.74, 6) is 2.07. The lowest BCUT2D eigenvalue weighted by atomic mass is 10.2. The first-order valence-corrected chi connectivity index (χ1v) is 5.84. The van der Waals surface area contributed by atoms with Crippen LogP contribution in [0.2, 0.25) is 0 Å². The van der Waals surface area contributed by atoms with Crippen LogP contribution in [0.3, 0.4) is 0 Å². The molecule has 0 heterocycles. The summed E-state index contributed by atoms with van der Waals surface area (Å²) < 4.78 is 0. The van der Waals surface area contributed by atoms with Crippen molar-refractivity contribution < 1.29 is 0 Å². The van der Waals surface area contributed by atoms with Gasteiger partial charge in [-0.3, -0.25) is 0 Å². The predicted octanol–water partition coefficient (Wildman–Crippen LogP) is 3.41. The van der Waals surface area contributed by atoms with Gasteiger partial charge in [0.1, 0.15) is 0 Å². The third kappa shape index (κ3) is 2.76. The summed E-state index contributed by atoms with van der Waals surface area (Å²) in [6.45, 7) is 2.18. The molecular weight excluding hydrogens is 184 g/mol. The quantitative estimate of drug-likeness (QED) is 0.723. The van der Waals surface area contributed by atoms with Gasteiger partial charge in [0.15, 0.2) is 0 Å². The lowest BCUT2D eigenvalue weighted by Crippen LogP contribution is -1.95. The van der Waals surface area contributed by atoms with E-state index >= 15 is 0 Å². The van der Waals surface area contributed by atoms with Gasteiger partial charge >= 0.3 is 0 Å². The largest absolute Gasteiger partial charge is 0.178 e. The number of rotatable bonds is 4. The molecule has 0 bridgehead atoms. The second-order valence-corrected chi connectivity index (χ2v) is 4.38. The highest BCUT2D eigenvalue weighted by molar-refractivity contribution is 8.00. The van der Waals surface area contributed by atoms with E-state index in [4.69, 9.17) is 0 Å². The van der Waals surface area contributed by atoms with E-state index in [1.54, 1.807) is 0 Å². The fourth-order valence-corrected chi connectivity index (χ4v) is 2.51. The van der Waals surface area contributed by atoms with Gasteiger partial charge in [-0.2, -0.15) is 24.4 Å². The van der Waals surface area contributed by atoms with E-state index in [9.17, 15) is 0 Å². The smallest absolute Gasteiger partial charge is 0.0385 e. The van der Waals surface area contributed by atoms with E-state index in [2.05, 4.69) is 49.9 Å². The lowest BCUT2D eigenvalue weighted by molar-refractivity contribution is 1.12. The summed E-state index contributed by atoms with van der Waals surface area (Å²) in [5, 5.41) is 0.555. The van der Waals surface area contributed by atoms with Crippen LogP contribution < -0.4 is 0 Å². The third-order valence-electron chi connectivity index (χ3n) is 1.71. The molecule has 0 fully saturated rings. The highest BCUT2D eigenvalue weighted by Crippen LogP contribution is 2.28. The molecule has 0 saturated heterocycles. The minimum Gasteiger partial charge on any atom is -0.178 e. The van der Waals surface area contributed by atoms with Crippen molar-refractivity contribution in [3.63, 3.8) is 0 Å². The van der Waals surface area contributed by atoms with Crippen LogP contribution in [-0.2, 0) is 0 Å². The van der Waals surface area contributed by atoms with Gasteiger partial charge < -0.3 is 0 Å². The maximum atomic E-state index is 4.34. The van der Waals surface area contributed by atoms with Gasteiger partial charge in [0, 0.05) is 11.0 Å². The van der Waals surface area contributed by atoms with Gasteiger partial charge in [-0.05, 0) is 11.3 Å². The molecule has 0 spiro atoms. The van der Waals surface area contributed by atoms with Crippen LogP contribution in [0.4, 0.5) is 0 Å². The van der Waals surface area contributed by atoms with Crippen LogP contribution in [0.1, 0.15) is 17.7 Å². The van der Waals surface area contributed by atoms with Crippen molar-refractivity contribution in [2.45, 2.75) is 12.2 Å². The number of thioether (sulfide) groups is 1. The van der Waals surface area contributed by atoms with Gasteiger partial charge in [0.25, 0.3) is 0 Å². The summed E-state index contributed by atoms with van der Waals surface area (Å²) in [5.41, 5.74) is 1.39. The van der Waals surface area contributed by atoms with Crippen molar-refractivity contribution in [2.75, 3.05) is 11.5 Å². The maximum absolute atomic E-state index is 4.34. The first kappa shape index (κ1) is 10.0. The zero-order valence-corrected chi connectivity index (χ0v) is 8.94. The summed E-state index contributed by atoms with van der Waals surface area (Å²) >= 11 is 6.29. The number of hydrogen-bond acceptors (Lipinski definition) is 2. The standard InChI is InChI=1S/C10H14S2/c1-2-12-10(8-11)9-6-4-3-5-7-9/h3-7,10-11H,2,8H2,1H3. The molecule has 1 aromatic rings. The van der Waals surface area contributed by atoms with Crippen LogP contribution in [-0.4, -0.2) is 11.5 Å². The van der Waals surface area contributed by atoms with Crippen molar-refractivity contribution in [1.29, 1.82) is 0 Å². The fraction of sp³-hybridized carbons (Fsp3) is 0.400. The Morgan fingerprint density at radius 1 is 1.33 bits per heavy atom. The van der Waals surface area contributed by atoms with Crippen molar-refractivity contribution in [3.8, 4) is 0 Å². The van der Waals surface area contributed by atoms with Crippen molar-refractivity contribution >= 4 is 24.4 Å². The summed E-state index contributed by atoms with van der Waals surface area (Å²) in [7, 11) is 0. The maximum Gasteiger partial charge on any atom is 0.0385 e. The Morgan fingerprint density at radius 3 is 2.50 bits per heavy atom. The molecule has 0 aliphatic carbocycles. The highest BCUT2D eigenvalue weighted by Gasteiger charge is 2.07.